The monoisotopic (exact) mass is 254 g/mol. The molecule has 1 N–H and O–H groups in total. The smallest absolute Gasteiger partial charge is 0.0797 e. The van der Waals surface area contributed by atoms with E-state index in [1.807, 2.05) is 0 Å². The van der Waals surface area contributed by atoms with E-state index in [9.17, 15) is 0 Å². The molecular formula is C12H22N4S. The van der Waals surface area contributed by atoms with Gasteiger partial charge in [-0.1, -0.05) is 11.4 Å². The molecule has 0 amide bonds. The van der Waals surface area contributed by atoms with Crippen molar-refractivity contribution >= 4 is 11.5 Å². The lowest BCUT2D eigenvalue weighted by Crippen LogP contribution is -2.37. The van der Waals surface area contributed by atoms with Crippen molar-refractivity contribution in [1.29, 1.82) is 0 Å². The zero-order chi connectivity index (χ0) is 12.1. The van der Waals surface area contributed by atoms with E-state index >= 15 is 0 Å². The SMILES string of the molecule is CCc1nnsc1CNC(C)CN1CCCC1. The van der Waals surface area contributed by atoms with E-state index in [4.69, 9.17) is 0 Å². The maximum Gasteiger partial charge on any atom is 0.0797 e. The number of likely N-dealkylation sites (tertiary alicyclic amines) is 1. The summed E-state index contributed by atoms with van der Waals surface area (Å²) in [6.07, 6.45) is 3.71. The Bertz CT molecular complexity index is 333. The molecule has 0 aliphatic carbocycles. The number of hydrogen-bond acceptors (Lipinski definition) is 5. The summed E-state index contributed by atoms with van der Waals surface area (Å²) in [5.41, 5.74) is 1.15. The fourth-order valence-corrected chi connectivity index (χ4v) is 2.99. The van der Waals surface area contributed by atoms with Gasteiger partial charge in [-0.25, -0.2) is 0 Å². The Hall–Kier alpha value is -0.520. The number of rotatable bonds is 6. The van der Waals surface area contributed by atoms with Crippen LogP contribution in [-0.2, 0) is 13.0 Å². The maximum absolute atomic E-state index is 4.13. The van der Waals surface area contributed by atoms with Gasteiger partial charge in [-0.3, -0.25) is 0 Å². The molecule has 2 rings (SSSR count). The molecule has 1 fully saturated rings. The first kappa shape index (κ1) is 12.9. The summed E-state index contributed by atoms with van der Waals surface area (Å²) >= 11 is 1.52. The first-order valence-electron chi connectivity index (χ1n) is 6.55. The lowest BCUT2D eigenvalue weighted by molar-refractivity contribution is 0.298. The van der Waals surface area contributed by atoms with Crippen molar-refractivity contribution in [2.24, 2.45) is 0 Å². The van der Waals surface area contributed by atoms with Crippen molar-refractivity contribution in [2.75, 3.05) is 19.6 Å². The van der Waals surface area contributed by atoms with E-state index in [1.165, 1.54) is 42.3 Å². The van der Waals surface area contributed by atoms with Gasteiger partial charge in [0.05, 0.1) is 10.6 Å². The van der Waals surface area contributed by atoms with Gasteiger partial charge in [0.1, 0.15) is 0 Å². The zero-order valence-corrected chi connectivity index (χ0v) is 11.6. The minimum Gasteiger partial charge on any atom is -0.308 e. The molecular weight excluding hydrogens is 232 g/mol. The molecule has 1 aromatic heterocycles. The third kappa shape index (κ3) is 3.72. The molecule has 0 spiro atoms. The third-order valence-corrected chi connectivity index (χ3v) is 4.07. The van der Waals surface area contributed by atoms with Gasteiger partial charge in [-0.2, -0.15) is 0 Å². The molecule has 1 aromatic rings. The first-order chi connectivity index (χ1) is 8.29. The second-order valence-corrected chi connectivity index (χ2v) is 5.62. The van der Waals surface area contributed by atoms with E-state index in [1.54, 1.807) is 0 Å². The van der Waals surface area contributed by atoms with Crippen molar-refractivity contribution in [3.63, 3.8) is 0 Å². The molecule has 0 bridgehead atoms. The van der Waals surface area contributed by atoms with Gasteiger partial charge < -0.3 is 10.2 Å². The largest absolute Gasteiger partial charge is 0.308 e. The summed E-state index contributed by atoms with van der Waals surface area (Å²) in [5, 5.41) is 7.71. The molecule has 0 saturated carbocycles. The Balaban J connectivity index is 1.73. The van der Waals surface area contributed by atoms with E-state index in [2.05, 4.69) is 33.7 Å². The maximum atomic E-state index is 4.13. The summed E-state index contributed by atoms with van der Waals surface area (Å²) in [7, 11) is 0. The highest BCUT2D eigenvalue weighted by molar-refractivity contribution is 7.05. The Kier molecular flexibility index (Phi) is 4.88. The van der Waals surface area contributed by atoms with Gasteiger partial charge in [0.2, 0.25) is 0 Å². The molecule has 4 nitrogen and oxygen atoms in total. The summed E-state index contributed by atoms with van der Waals surface area (Å²) in [6, 6.07) is 0.542. The minimum absolute atomic E-state index is 0.542. The van der Waals surface area contributed by atoms with E-state index in [-0.39, 0.29) is 0 Å². The van der Waals surface area contributed by atoms with Gasteiger partial charge in [-0.15, -0.1) is 5.10 Å². The predicted octanol–water partition coefficient (Wildman–Crippen LogP) is 1.67. The Labute approximate surface area is 108 Å². The molecule has 1 saturated heterocycles. The van der Waals surface area contributed by atoms with Gasteiger partial charge in [0.15, 0.2) is 0 Å². The molecule has 96 valence electrons. The van der Waals surface area contributed by atoms with E-state index in [0.717, 1.165) is 25.2 Å². The van der Waals surface area contributed by atoms with Crippen LogP contribution in [0.2, 0.25) is 0 Å². The molecule has 2 heterocycles. The quantitative estimate of drug-likeness (QED) is 0.838. The summed E-state index contributed by atoms with van der Waals surface area (Å²) < 4.78 is 4.02. The van der Waals surface area contributed by atoms with Crippen LogP contribution in [-0.4, -0.2) is 40.2 Å². The van der Waals surface area contributed by atoms with Crippen molar-refractivity contribution in [3.8, 4) is 0 Å². The van der Waals surface area contributed by atoms with Crippen LogP contribution in [0, 0.1) is 0 Å². The van der Waals surface area contributed by atoms with Crippen molar-refractivity contribution in [2.45, 2.75) is 45.7 Å². The highest BCUT2D eigenvalue weighted by atomic mass is 32.1. The van der Waals surface area contributed by atoms with Crippen LogP contribution >= 0.6 is 11.5 Å². The van der Waals surface area contributed by atoms with Crippen LogP contribution in [0.5, 0.6) is 0 Å². The van der Waals surface area contributed by atoms with Gasteiger partial charge in [0, 0.05) is 19.1 Å². The Morgan fingerprint density at radius 3 is 2.88 bits per heavy atom. The standard InChI is InChI=1S/C12H22N4S/c1-3-11-12(17-15-14-11)8-13-10(2)9-16-6-4-5-7-16/h10,13H,3-9H2,1-2H3. The van der Waals surface area contributed by atoms with Crippen LogP contribution < -0.4 is 5.32 Å². The molecule has 1 aliphatic heterocycles. The number of aryl methyl sites for hydroxylation is 1. The molecule has 0 radical (unpaired) electrons. The predicted molar refractivity (Wildman–Crippen MR) is 71.3 cm³/mol. The average Bonchev–Trinajstić information content (AvgIpc) is 2.96. The highest BCUT2D eigenvalue weighted by Crippen LogP contribution is 2.11. The minimum atomic E-state index is 0.542. The first-order valence-corrected chi connectivity index (χ1v) is 7.32. The summed E-state index contributed by atoms with van der Waals surface area (Å²) in [6.45, 7) is 9.01. The van der Waals surface area contributed by atoms with Gasteiger partial charge in [0.25, 0.3) is 0 Å². The molecule has 17 heavy (non-hydrogen) atoms. The van der Waals surface area contributed by atoms with Crippen molar-refractivity contribution < 1.29 is 0 Å². The Morgan fingerprint density at radius 2 is 2.18 bits per heavy atom. The fraction of sp³-hybridized carbons (Fsp3) is 0.833. The van der Waals surface area contributed by atoms with E-state index in [0.29, 0.717) is 6.04 Å². The van der Waals surface area contributed by atoms with Gasteiger partial charge >= 0.3 is 0 Å². The number of nitrogens with zero attached hydrogens (tertiary/aromatic N) is 3. The normalized spacial score (nSPS) is 18.7. The van der Waals surface area contributed by atoms with Crippen LogP contribution in [0.15, 0.2) is 0 Å². The lowest BCUT2D eigenvalue weighted by Gasteiger charge is -2.21. The third-order valence-electron chi connectivity index (χ3n) is 3.31. The van der Waals surface area contributed by atoms with Crippen LogP contribution in [0.25, 0.3) is 0 Å². The van der Waals surface area contributed by atoms with Crippen molar-refractivity contribution in [3.05, 3.63) is 10.6 Å². The molecule has 1 unspecified atom stereocenters. The molecule has 1 atom stereocenters. The highest BCUT2D eigenvalue weighted by Gasteiger charge is 2.15. The number of hydrogen-bond donors (Lipinski definition) is 1. The molecule has 0 aromatic carbocycles. The van der Waals surface area contributed by atoms with E-state index < -0.39 is 0 Å². The van der Waals surface area contributed by atoms with Crippen LogP contribution in [0.1, 0.15) is 37.3 Å². The second kappa shape index (κ2) is 6.42. The van der Waals surface area contributed by atoms with Crippen LogP contribution in [0.3, 0.4) is 0 Å². The molecule has 5 heteroatoms. The van der Waals surface area contributed by atoms with Crippen LogP contribution in [0.4, 0.5) is 0 Å². The van der Waals surface area contributed by atoms with Crippen molar-refractivity contribution in [1.82, 2.24) is 19.8 Å². The lowest BCUT2D eigenvalue weighted by atomic mass is 10.2. The van der Waals surface area contributed by atoms with Gasteiger partial charge in [-0.05, 0) is 50.8 Å². The zero-order valence-electron chi connectivity index (χ0n) is 10.8. The summed E-state index contributed by atoms with van der Waals surface area (Å²) in [4.78, 5) is 3.84. The summed E-state index contributed by atoms with van der Waals surface area (Å²) in [5.74, 6) is 0. The molecule has 1 aliphatic rings. The fourth-order valence-electron chi connectivity index (χ4n) is 2.31. The second-order valence-electron chi connectivity index (χ2n) is 4.79. The average molecular weight is 254 g/mol. The topological polar surface area (TPSA) is 41.1 Å². The Morgan fingerprint density at radius 1 is 1.41 bits per heavy atom. The number of nitrogens with one attached hydrogen (secondary N) is 1. The number of aromatic nitrogens is 2.